The van der Waals surface area contributed by atoms with E-state index in [2.05, 4.69) is 26.1 Å². The van der Waals surface area contributed by atoms with E-state index in [1.165, 1.54) is 12.8 Å². The molecule has 2 atom stereocenters. The van der Waals surface area contributed by atoms with Crippen molar-refractivity contribution in [1.82, 2.24) is 10.2 Å². The zero-order valence-corrected chi connectivity index (χ0v) is 17.0. The van der Waals surface area contributed by atoms with Crippen LogP contribution in [0.2, 0.25) is 0 Å². The average Bonchev–Trinajstić information content (AvgIpc) is 2.65. The van der Waals surface area contributed by atoms with Gasteiger partial charge < -0.3 is 10.2 Å². The number of nitrogens with zero attached hydrogens (tertiary/aromatic N) is 1. The number of rotatable bonds is 12. The predicted molar refractivity (Wildman–Crippen MR) is 108 cm³/mol. The highest BCUT2D eigenvalue weighted by Gasteiger charge is 2.20. The first-order chi connectivity index (χ1) is 12.5. The van der Waals surface area contributed by atoms with Gasteiger partial charge in [0.25, 0.3) is 0 Å². The van der Waals surface area contributed by atoms with E-state index in [0.29, 0.717) is 19.4 Å². The molecule has 0 aliphatic carbocycles. The van der Waals surface area contributed by atoms with E-state index >= 15 is 0 Å². The third kappa shape index (κ3) is 8.03. The minimum Gasteiger partial charge on any atom is -0.350 e. The van der Waals surface area contributed by atoms with E-state index in [0.717, 1.165) is 24.8 Å². The van der Waals surface area contributed by atoms with Gasteiger partial charge in [-0.15, -0.1) is 0 Å². The average molecular weight is 361 g/mol. The number of carbonyl (C=O) groups excluding carboxylic acids is 2. The lowest BCUT2D eigenvalue weighted by atomic mass is 10.1. The summed E-state index contributed by atoms with van der Waals surface area (Å²) in [7, 11) is 0. The molecule has 1 N–H and O–H groups in total. The van der Waals surface area contributed by atoms with Crippen LogP contribution in [-0.2, 0) is 9.59 Å². The molecule has 2 amide bonds. The number of carbonyl (C=O) groups is 2. The van der Waals surface area contributed by atoms with Gasteiger partial charge in [-0.05, 0) is 32.3 Å². The second kappa shape index (κ2) is 12.5. The quantitative estimate of drug-likeness (QED) is 0.542. The first-order valence-electron chi connectivity index (χ1n) is 10.1. The third-order valence-corrected chi connectivity index (χ3v) is 4.94. The predicted octanol–water partition coefficient (Wildman–Crippen LogP) is 4.85. The van der Waals surface area contributed by atoms with Crippen molar-refractivity contribution in [2.24, 2.45) is 0 Å². The molecule has 0 radical (unpaired) electrons. The number of unbranched alkanes of at least 4 members (excludes halogenated alkanes) is 3. The zero-order chi connectivity index (χ0) is 19.4. The molecule has 1 aromatic rings. The second-order valence-corrected chi connectivity index (χ2v) is 7.10. The molecule has 4 heteroatoms. The van der Waals surface area contributed by atoms with Crippen molar-refractivity contribution in [1.29, 1.82) is 0 Å². The largest absolute Gasteiger partial charge is 0.350 e. The van der Waals surface area contributed by atoms with E-state index in [9.17, 15) is 9.59 Å². The molecule has 0 saturated heterocycles. The number of nitrogens with one attached hydrogen (secondary N) is 1. The summed E-state index contributed by atoms with van der Waals surface area (Å²) in [5.74, 6) is 0.174. The van der Waals surface area contributed by atoms with Crippen LogP contribution in [-0.4, -0.2) is 29.3 Å². The van der Waals surface area contributed by atoms with Crippen LogP contribution >= 0.6 is 0 Å². The van der Waals surface area contributed by atoms with E-state index in [4.69, 9.17) is 0 Å². The van der Waals surface area contributed by atoms with Gasteiger partial charge in [0.05, 0.1) is 6.04 Å². The molecular weight excluding hydrogens is 324 g/mol. The summed E-state index contributed by atoms with van der Waals surface area (Å²) in [4.78, 5) is 26.8. The molecule has 0 fully saturated rings. The Kier molecular flexibility index (Phi) is 10.7. The summed E-state index contributed by atoms with van der Waals surface area (Å²) in [5, 5.41) is 3.03. The van der Waals surface area contributed by atoms with Crippen molar-refractivity contribution >= 4 is 11.8 Å². The molecule has 0 saturated carbocycles. The minimum absolute atomic E-state index is 0.00607. The highest BCUT2D eigenvalue weighted by molar-refractivity contribution is 5.79. The maximum absolute atomic E-state index is 12.6. The normalized spacial score (nSPS) is 13.1. The summed E-state index contributed by atoms with van der Waals surface area (Å²) in [6.07, 6.45) is 6.24. The molecule has 0 aliphatic rings. The SMILES string of the molecule is CCCCCCC(=O)N(CCC(=O)NC(C)c1ccccc1)C(C)CC. The Balaban J connectivity index is 2.49. The first kappa shape index (κ1) is 22.2. The Morgan fingerprint density at radius 3 is 2.31 bits per heavy atom. The van der Waals surface area contributed by atoms with Crippen LogP contribution in [0.1, 0.15) is 84.2 Å². The molecular formula is C22H36N2O2. The fraction of sp³-hybridized carbons (Fsp3) is 0.636. The molecule has 0 aromatic heterocycles. The Morgan fingerprint density at radius 1 is 1.00 bits per heavy atom. The number of hydrogen-bond acceptors (Lipinski definition) is 2. The van der Waals surface area contributed by atoms with E-state index in [1.807, 2.05) is 42.2 Å². The smallest absolute Gasteiger partial charge is 0.222 e. The van der Waals surface area contributed by atoms with Crippen molar-refractivity contribution in [3.05, 3.63) is 35.9 Å². The Bertz CT molecular complexity index is 530. The van der Waals surface area contributed by atoms with Crippen molar-refractivity contribution in [2.75, 3.05) is 6.54 Å². The van der Waals surface area contributed by atoms with E-state index in [-0.39, 0.29) is 23.9 Å². The highest BCUT2D eigenvalue weighted by Crippen LogP contribution is 2.13. The molecule has 0 spiro atoms. The number of hydrogen-bond donors (Lipinski definition) is 1. The zero-order valence-electron chi connectivity index (χ0n) is 17.0. The first-order valence-corrected chi connectivity index (χ1v) is 10.1. The van der Waals surface area contributed by atoms with Gasteiger partial charge in [-0.2, -0.15) is 0 Å². The van der Waals surface area contributed by atoms with E-state index < -0.39 is 0 Å². The standard InChI is InChI=1S/C22H36N2O2/c1-5-7-8-12-15-22(26)24(18(3)6-2)17-16-21(25)23-19(4)20-13-10-9-11-14-20/h9-11,13-14,18-19H,5-8,12,15-17H2,1-4H3,(H,23,25). The lowest BCUT2D eigenvalue weighted by molar-refractivity contribution is -0.134. The van der Waals surface area contributed by atoms with Crippen LogP contribution in [0.3, 0.4) is 0 Å². The molecule has 0 aliphatic heterocycles. The fourth-order valence-electron chi connectivity index (χ4n) is 3.02. The Hall–Kier alpha value is -1.84. The van der Waals surface area contributed by atoms with Crippen LogP contribution in [0.25, 0.3) is 0 Å². The molecule has 1 rings (SSSR count). The van der Waals surface area contributed by atoms with Gasteiger partial charge in [0.15, 0.2) is 0 Å². The van der Waals surface area contributed by atoms with Crippen LogP contribution in [0.15, 0.2) is 30.3 Å². The van der Waals surface area contributed by atoms with Gasteiger partial charge in [-0.1, -0.05) is 63.4 Å². The van der Waals surface area contributed by atoms with Gasteiger partial charge in [0, 0.05) is 25.4 Å². The third-order valence-electron chi connectivity index (χ3n) is 4.94. The van der Waals surface area contributed by atoms with Crippen LogP contribution in [0.5, 0.6) is 0 Å². The highest BCUT2D eigenvalue weighted by atomic mass is 16.2. The molecule has 1 aromatic carbocycles. The summed E-state index contributed by atoms with van der Waals surface area (Å²) in [6, 6.07) is 10.1. The van der Waals surface area contributed by atoms with Crippen molar-refractivity contribution in [2.45, 2.75) is 84.7 Å². The molecule has 4 nitrogen and oxygen atoms in total. The Labute approximate surface area is 159 Å². The minimum atomic E-state index is -0.0227. The van der Waals surface area contributed by atoms with Crippen molar-refractivity contribution < 1.29 is 9.59 Å². The summed E-state index contributed by atoms with van der Waals surface area (Å²) >= 11 is 0. The van der Waals surface area contributed by atoms with E-state index in [1.54, 1.807) is 0 Å². The number of amides is 2. The molecule has 146 valence electrons. The maximum atomic E-state index is 12.6. The van der Waals surface area contributed by atoms with Gasteiger partial charge in [-0.3, -0.25) is 9.59 Å². The number of benzene rings is 1. The summed E-state index contributed by atoms with van der Waals surface area (Å²) < 4.78 is 0. The molecule has 0 heterocycles. The van der Waals surface area contributed by atoms with Crippen LogP contribution in [0, 0.1) is 0 Å². The van der Waals surface area contributed by atoms with Crippen molar-refractivity contribution in [3.63, 3.8) is 0 Å². The van der Waals surface area contributed by atoms with Gasteiger partial charge in [-0.25, -0.2) is 0 Å². The van der Waals surface area contributed by atoms with Gasteiger partial charge in [0.1, 0.15) is 0 Å². The van der Waals surface area contributed by atoms with Crippen LogP contribution < -0.4 is 5.32 Å². The van der Waals surface area contributed by atoms with Gasteiger partial charge in [0.2, 0.25) is 11.8 Å². The summed E-state index contributed by atoms with van der Waals surface area (Å²) in [6.45, 7) is 8.80. The second-order valence-electron chi connectivity index (χ2n) is 7.10. The molecule has 26 heavy (non-hydrogen) atoms. The lowest BCUT2D eigenvalue weighted by Gasteiger charge is -2.29. The van der Waals surface area contributed by atoms with Crippen LogP contribution in [0.4, 0.5) is 0 Å². The van der Waals surface area contributed by atoms with Gasteiger partial charge >= 0.3 is 0 Å². The topological polar surface area (TPSA) is 49.4 Å². The molecule has 0 bridgehead atoms. The lowest BCUT2D eigenvalue weighted by Crippen LogP contribution is -2.41. The fourth-order valence-corrected chi connectivity index (χ4v) is 3.02. The molecule has 2 unspecified atom stereocenters. The summed E-state index contributed by atoms with van der Waals surface area (Å²) in [5.41, 5.74) is 1.09. The monoisotopic (exact) mass is 360 g/mol. The Morgan fingerprint density at radius 2 is 1.69 bits per heavy atom. The maximum Gasteiger partial charge on any atom is 0.222 e. The van der Waals surface area contributed by atoms with Crippen molar-refractivity contribution in [3.8, 4) is 0 Å².